The Labute approximate surface area is 137 Å². The largest absolute Gasteiger partial charge is 0.481 e. The molecule has 0 radical (unpaired) electrons. The van der Waals surface area contributed by atoms with Crippen molar-refractivity contribution in [2.24, 2.45) is 7.05 Å². The number of carboxylic acid groups (broad SMARTS) is 1. The van der Waals surface area contributed by atoms with Crippen molar-refractivity contribution in [1.82, 2.24) is 20.1 Å². The van der Waals surface area contributed by atoms with Crippen LogP contribution in [0.25, 0.3) is 10.9 Å². The van der Waals surface area contributed by atoms with Crippen molar-refractivity contribution in [1.29, 1.82) is 0 Å². The van der Waals surface area contributed by atoms with Gasteiger partial charge in [0.1, 0.15) is 0 Å². The monoisotopic (exact) mass is 324 g/mol. The first-order valence-corrected chi connectivity index (χ1v) is 7.41. The third-order valence-electron chi connectivity index (χ3n) is 3.70. The standard InChI is InChI=1S/C17H16N4O3/c1-21-14-8-3-2-6-11(14)16(20-21)17(24)19-13(10-15(22)23)12-7-4-5-9-18-12/h2-9,13H,10H2,1H3,(H,19,24)(H,22,23). The number of carbonyl (C=O) groups is 2. The minimum atomic E-state index is -1.02. The summed E-state index contributed by atoms with van der Waals surface area (Å²) in [6, 6.07) is 11.8. The number of hydrogen-bond acceptors (Lipinski definition) is 4. The van der Waals surface area contributed by atoms with Gasteiger partial charge in [0.2, 0.25) is 0 Å². The molecule has 0 fully saturated rings. The Morgan fingerprint density at radius 3 is 2.67 bits per heavy atom. The van der Waals surface area contributed by atoms with Crippen LogP contribution in [-0.2, 0) is 11.8 Å². The Morgan fingerprint density at radius 1 is 1.21 bits per heavy atom. The second-order valence-electron chi connectivity index (χ2n) is 5.37. The molecule has 2 aromatic heterocycles. The van der Waals surface area contributed by atoms with E-state index >= 15 is 0 Å². The predicted octanol–water partition coefficient (Wildman–Crippen LogP) is 1.91. The number of para-hydroxylation sites is 1. The minimum Gasteiger partial charge on any atom is -0.481 e. The van der Waals surface area contributed by atoms with E-state index in [4.69, 9.17) is 5.11 Å². The molecule has 0 aliphatic heterocycles. The highest BCUT2D eigenvalue weighted by Gasteiger charge is 2.23. The van der Waals surface area contributed by atoms with E-state index in [-0.39, 0.29) is 12.1 Å². The van der Waals surface area contributed by atoms with Gasteiger partial charge in [-0.2, -0.15) is 5.10 Å². The van der Waals surface area contributed by atoms with Crippen LogP contribution in [0.1, 0.15) is 28.6 Å². The van der Waals surface area contributed by atoms with Gasteiger partial charge in [-0.25, -0.2) is 0 Å². The average Bonchev–Trinajstić information content (AvgIpc) is 2.92. The molecule has 1 atom stereocenters. The van der Waals surface area contributed by atoms with Gasteiger partial charge >= 0.3 is 5.97 Å². The summed E-state index contributed by atoms with van der Waals surface area (Å²) in [6.07, 6.45) is 1.31. The molecule has 0 saturated carbocycles. The molecular weight excluding hydrogens is 308 g/mol. The number of benzene rings is 1. The van der Waals surface area contributed by atoms with Gasteiger partial charge in [0, 0.05) is 18.6 Å². The van der Waals surface area contributed by atoms with Crippen LogP contribution in [-0.4, -0.2) is 31.7 Å². The third-order valence-corrected chi connectivity index (χ3v) is 3.70. The molecule has 24 heavy (non-hydrogen) atoms. The van der Waals surface area contributed by atoms with E-state index in [2.05, 4.69) is 15.4 Å². The minimum absolute atomic E-state index is 0.256. The molecule has 2 N–H and O–H groups in total. The number of carboxylic acids is 1. The zero-order valence-corrected chi connectivity index (χ0v) is 13.0. The summed E-state index contributed by atoms with van der Waals surface area (Å²) in [5.41, 5.74) is 1.59. The van der Waals surface area contributed by atoms with Crippen molar-refractivity contribution in [3.05, 3.63) is 60.0 Å². The lowest BCUT2D eigenvalue weighted by Gasteiger charge is -2.15. The predicted molar refractivity (Wildman–Crippen MR) is 87.4 cm³/mol. The molecule has 0 bridgehead atoms. The van der Waals surface area contributed by atoms with Gasteiger partial charge in [0.25, 0.3) is 5.91 Å². The summed E-state index contributed by atoms with van der Waals surface area (Å²) in [5.74, 6) is -1.44. The SMILES string of the molecule is Cn1nc(C(=O)NC(CC(=O)O)c2ccccn2)c2ccccc21. The van der Waals surface area contributed by atoms with E-state index in [1.807, 2.05) is 24.3 Å². The molecule has 1 aromatic carbocycles. The number of fused-ring (bicyclic) bond motifs is 1. The Morgan fingerprint density at radius 2 is 1.96 bits per heavy atom. The van der Waals surface area contributed by atoms with Crippen molar-refractivity contribution in [3.63, 3.8) is 0 Å². The molecule has 1 amide bonds. The van der Waals surface area contributed by atoms with Crippen molar-refractivity contribution < 1.29 is 14.7 Å². The van der Waals surface area contributed by atoms with E-state index in [9.17, 15) is 9.59 Å². The van der Waals surface area contributed by atoms with Crippen LogP contribution in [0.15, 0.2) is 48.7 Å². The lowest BCUT2D eigenvalue weighted by Crippen LogP contribution is -2.31. The summed E-state index contributed by atoms with van der Waals surface area (Å²) in [6.45, 7) is 0. The van der Waals surface area contributed by atoms with Gasteiger partial charge in [-0.1, -0.05) is 24.3 Å². The fourth-order valence-corrected chi connectivity index (χ4v) is 2.59. The Hall–Kier alpha value is -3.22. The van der Waals surface area contributed by atoms with Crippen molar-refractivity contribution in [3.8, 4) is 0 Å². The smallest absolute Gasteiger partial charge is 0.305 e. The van der Waals surface area contributed by atoms with Gasteiger partial charge < -0.3 is 10.4 Å². The van der Waals surface area contributed by atoms with Crippen LogP contribution in [0.4, 0.5) is 0 Å². The summed E-state index contributed by atoms with van der Waals surface area (Å²) in [4.78, 5) is 27.9. The van der Waals surface area contributed by atoms with Gasteiger partial charge in [0.15, 0.2) is 5.69 Å². The number of aryl methyl sites for hydroxylation is 1. The van der Waals surface area contributed by atoms with Gasteiger partial charge in [0.05, 0.1) is 23.7 Å². The lowest BCUT2D eigenvalue weighted by molar-refractivity contribution is -0.137. The molecule has 0 saturated heterocycles. The Kier molecular flexibility index (Phi) is 4.24. The molecule has 0 aliphatic carbocycles. The summed E-state index contributed by atoms with van der Waals surface area (Å²) in [5, 5.41) is 16.8. The molecule has 2 heterocycles. The van der Waals surface area contributed by atoms with E-state index in [1.54, 1.807) is 36.1 Å². The number of nitrogens with one attached hydrogen (secondary N) is 1. The molecule has 122 valence electrons. The number of carbonyl (C=O) groups excluding carboxylic acids is 1. The summed E-state index contributed by atoms with van der Waals surface area (Å²) >= 11 is 0. The van der Waals surface area contributed by atoms with Crippen molar-refractivity contribution in [2.45, 2.75) is 12.5 Å². The fraction of sp³-hybridized carbons (Fsp3) is 0.176. The molecule has 3 aromatic rings. The second-order valence-corrected chi connectivity index (χ2v) is 5.37. The number of hydrogen-bond donors (Lipinski definition) is 2. The fourth-order valence-electron chi connectivity index (χ4n) is 2.59. The summed E-state index contributed by atoms with van der Waals surface area (Å²) < 4.78 is 1.62. The zero-order valence-electron chi connectivity index (χ0n) is 13.0. The van der Waals surface area contributed by atoms with E-state index in [1.165, 1.54) is 0 Å². The van der Waals surface area contributed by atoms with Gasteiger partial charge in [-0.05, 0) is 18.2 Å². The Bertz CT molecular complexity index is 889. The van der Waals surface area contributed by atoms with Crippen molar-refractivity contribution in [2.75, 3.05) is 0 Å². The molecule has 0 spiro atoms. The van der Waals surface area contributed by atoms with Crippen LogP contribution in [0.3, 0.4) is 0 Å². The van der Waals surface area contributed by atoms with Gasteiger partial charge in [-0.15, -0.1) is 0 Å². The highest BCUT2D eigenvalue weighted by molar-refractivity contribution is 6.05. The Balaban J connectivity index is 1.91. The van der Waals surface area contributed by atoms with Crippen molar-refractivity contribution >= 4 is 22.8 Å². The number of aliphatic carboxylic acids is 1. The van der Waals surface area contributed by atoms with E-state index in [0.717, 1.165) is 5.52 Å². The number of rotatable bonds is 5. The molecule has 1 unspecified atom stereocenters. The maximum atomic E-state index is 12.6. The number of aromatic nitrogens is 3. The maximum Gasteiger partial charge on any atom is 0.305 e. The van der Waals surface area contributed by atoms with Crippen LogP contribution >= 0.6 is 0 Å². The second kappa shape index (κ2) is 6.49. The third kappa shape index (κ3) is 3.10. The quantitative estimate of drug-likeness (QED) is 0.747. The molecule has 7 nitrogen and oxygen atoms in total. The number of nitrogens with zero attached hydrogens (tertiary/aromatic N) is 3. The van der Waals surface area contributed by atoms with Crippen LogP contribution in [0.5, 0.6) is 0 Å². The van der Waals surface area contributed by atoms with Crippen LogP contribution in [0.2, 0.25) is 0 Å². The highest BCUT2D eigenvalue weighted by atomic mass is 16.4. The zero-order chi connectivity index (χ0) is 17.1. The van der Waals surface area contributed by atoms with Gasteiger partial charge in [-0.3, -0.25) is 19.3 Å². The first-order chi connectivity index (χ1) is 11.6. The number of amides is 1. The normalized spacial score (nSPS) is 12.0. The molecule has 0 aliphatic rings. The van der Waals surface area contributed by atoms with Crippen LogP contribution in [0, 0.1) is 0 Å². The lowest BCUT2D eigenvalue weighted by atomic mass is 10.1. The molecule has 3 rings (SSSR count). The first-order valence-electron chi connectivity index (χ1n) is 7.41. The van der Waals surface area contributed by atoms with E-state index in [0.29, 0.717) is 11.1 Å². The average molecular weight is 324 g/mol. The highest BCUT2D eigenvalue weighted by Crippen LogP contribution is 2.20. The summed E-state index contributed by atoms with van der Waals surface area (Å²) in [7, 11) is 1.76. The molecular formula is C17H16N4O3. The first kappa shape index (κ1) is 15.7. The maximum absolute atomic E-state index is 12.6. The van der Waals surface area contributed by atoms with E-state index < -0.39 is 17.9 Å². The topological polar surface area (TPSA) is 97.1 Å². The van der Waals surface area contributed by atoms with Crippen LogP contribution < -0.4 is 5.32 Å². The number of pyridine rings is 1. The molecule has 7 heteroatoms.